The summed E-state index contributed by atoms with van der Waals surface area (Å²) in [5.74, 6) is -2.26. The third-order valence-electron chi connectivity index (χ3n) is 5.29. The molecule has 0 aromatic heterocycles. The van der Waals surface area contributed by atoms with Crippen molar-refractivity contribution < 1.29 is 32.6 Å². The highest BCUT2D eigenvalue weighted by Crippen LogP contribution is 2.33. The monoisotopic (exact) mass is 525 g/mol. The first-order valence-electron chi connectivity index (χ1n) is 12.0. The van der Waals surface area contributed by atoms with Gasteiger partial charge in [-0.15, -0.1) is 0 Å². The van der Waals surface area contributed by atoms with E-state index in [4.69, 9.17) is 19.9 Å². The SMILES string of the molecule is CCOC(=O)C(Nc1ccc(C(N)=NC(=O)c2ccc(F)cc2)cc1)c1cc(OCC)cc(OCC)c1F. The number of amidine groups is 1. The molecule has 0 fully saturated rings. The average molecular weight is 526 g/mol. The molecule has 3 aromatic carbocycles. The lowest BCUT2D eigenvalue weighted by Crippen LogP contribution is -2.25. The van der Waals surface area contributed by atoms with Crippen LogP contribution in [-0.2, 0) is 9.53 Å². The molecule has 8 nitrogen and oxygen atoms in total. The number of hydrogen-bond acceptors (Lipinski definition) is 6. The summed E-state index contributed by atoms with van der Waals surface area (Å²) in [7, 11) is 0. The maximum Gasteiger partial charge on any atom is 0.333 e. The van der Waals surface area contributed by atoms with Gasteiger partial charge >= 0.3 is 5.97 Å². The van der Waals surface area contributed by atoms with Crippen LogP contribution in [0.15, 0.2) is 65.7 Å². The second-order valence-electron chi connectivity index (χ2n) is 7.91. The van der Waals surface area contributed by atoms with Crippen molar-refractivity contribution in [1.29, 1.82) is 0 Å². The Hall–Kier alpha value is -4.47. The summed E-state index contributed by atoms with van der Waals surface area (Å²) in [6, 6.07) is 12.9. The fourth-order valence-electron chi connectivity index (χ4n) is 3.54. The van der Waals surface area contributed by atoms with Gasteiger partial charge in [-0.3, -0.25) is 4.79 Å². The van der Waals surface area contributed by atoms with E-state index in [1.165, 1.54) is 24.3 Å². The Labute approximate surface area is 219 Å². The van der Waals surface area contributed by atoms with Gasteiger partial charge in [0.25, 0.3) is 5.91 Å². The zero-order valence-electron chi connectivity index (χ0n) is 21.3. The molecule has 1 unspecified atom stereocenters. The first-order valence-corrected chi connectivity index (χ1v) is 12.0. The van der Waals surface area contributed by atoms with Crippen molar-refractivity contribution in [2.24, 2.45) is 10.7 Å². The highest BCUT2D eigenvalue weighted by molar-refractivity contribution is 6.08. The van der Waals surface area contributed by atoms with Gasteiger partial charge in [0.05, 0.1) is 19.8 Å². The highest BCUT2D eigenvalue weighted by Gasteiger charge is 2.28. The molecule has 10 heteroatoms. The van der Waals surface area contributed by atoms with E-state index in [1.54, 1.807) is 45.0 Å². The Kier molecular flexibility index (Phi) is 9.75. The van der Waals surface area contributed by atoms with Crippen molar-refractivity contribution in [3.05, 3.63) is 89.0 Å². The summed E-state index contributed by atoms with van der Waals surface area (Å²) >= 11 is 0. The molecule has 3 rings (SSSR count). The smallest absolute Gasteiger partial charge is 0.333 e. The molecule has 0 spiro atoms. The number of nitrogens with one attached hydrogen (secondary N) is 1. The largest absolute Gasteiger partial charge is 0.494 e. The quantitative estimate of drug-likeness (QED) is 0.205. The number of amides is 1. The summed E-state index contributed by atoms with van der Waals surface area (Å²) in [4.78, 5) is 29.0. The zero-order chi connectivity index (χ0) is 27.7. The number of carbonyl (C=O) groups is 2. The molecule has 0 saturated carbocycles. The predicted octanol–water partition coefficient (Wildman–Crippen LogP) is 5.02. The van der Waals surface area contributed by atoms with E-state index in [9.17, 15) is 14.0 Å². The molecule has 0 aliphatic carbocycles. The molecule has 200 valence electrons. The van der Waals surface area contributed by atoms with Gasteiger partial charge in [-0.1, -0.05) is 0 Å². The van der Waals surface area contributed by atoms with Gasteiger partial charge in [-0.25, -0.2) is 13.6 Å². The lowest BCUT2D eigenvalue weighted by atomic mass is 10.0. The Morgan fingerprint density at radius 3 is 2.13 bits per heavy atom. The number of carbonyl (C=O) groups excluding carboxylic acids is 2. The summed E-state index contributed by atoms with van der Waals surface area (Å²) in [5, 5.41) is 2.99. The molecule has 3 N–H and O–H groups in total. The topological polar surface area (TPSA) is 112 Å². The second kappa shape index (κ2) is 13.2. The average Bonchev–Trinajstić information content (AvgIpc) is 2.90. The van der Waals surface area contributed by atoms with E-state index < -0.39 is 29.6 Å². The number of nitrogens with two attached hydrogens (primary N) is 1. The summed E-state index contributed by atoms with van der Waals surface area (Å²) in [6.07, 6.45) is 0. The van der Waals surface area contributed by atoms with E-state index in [-0.39, 0.29) is 35.9 Å². The predicted molar refractivity (Wildman–Crippen MR) is 140 cm³/mol. The normalized spacial score (nSPS) is 12.0. The van der Waals surface area contributed by atoms with Gasteiger partial charge in [0.15, 0.2) is 17.6 Å². The summed E-state index contributed by atoms with van der Waals surface area (Å²) < 4.78 is 44.6. The van der Waals surface area contributed by atoms with Crippen LogP contribution in [0.3, 0.4) is 0 Å². The molecule has 0 radical (unpaired) electrons. The number of rotatable bonds is 11. The fourth-order valence-corrected chi connectivity index (χ4v) is 3.54. The number of hydrogen-bond donors (Lipinski definition) is 2. The van der Waals surface area contributed by atoms with Crippen LogP contribution in [0.4, 0.5) is 14.5 Å². The number of nitrogens with zero attached hydrogens (tertiary/aromatic N) is 1. The third kappa shape index (κ3) is 7.06. The number of halogens is 2. The van der Waals surface area contributed by atoms with Crippen molar-refractivity contribution in [3.63, 3.8) is 0 Å². The molecule has 3 aromatic rings. The number of aliphatic imine (C=N–C) groups is 1. The fraction of sp³-hybridized carbons (Fsp3) is 0.250. The van der Waals surface area contributed by atoms with E-state index >= 15 is 4.39 Å². The maximum absolute atomic E-state index is 15.4. The second-order valence-corrected chi connectivity index (χ2v) is 7.91. The van der Waals surface area contributed by atoms with Crippen molar-refractivity contribution >= 4 is 23.4 Å². The van der Waals surface area contributed by atoms with Gasteiger partial charge in [0.1, 0.15) is 17.4 Å². The zero-order valence-corrected chi connectivity index (χ0v) is 21.3. The molecule has 0 bridgehead atoms. The van der Waals surface area contributed by atoms with Crippen molar-refractivity contribution in [2.45, 2.75) is 26.8 Å². The van der Waals surface area contributed by atoms with Gasteiger partial charge in [-0.05, 0) is 75.4 Å². The van der Waals surface area contributed by atoms with Gasteiger partial charge in [0, 0.05) is 28.4 Å². The van der Waals surface area contributed by atoms with Gasteiger partial charge in [0.2, 0.25) is 0 Å². The third-order valence-corrected chi connectivity index (χ3v) is 5.29. The van der Waals surface area contributed by atoms with Crippen LogP contribution in [0, 0.1) is 11.6 Å². The lowest BCUT2D eigenvalue weighted by Gasteiger charge is -2.21. The van der Waals surface area contributed by atoms with Crippen LogP contribution in [0.2, 0.25) is 0 Å². The Bertz CT molecular complexity index is 1300. The lowest BCUT2D eigenvalue weighted by molar-refractivity contribution is -0.144. The minimum Gasteiger partial charge on any atom is -0.494 e. The van der Waals surface area contributed by atoms with E-state index in [0.717, 1.165) is 12.1 Å². The Balaban J connectivity index is 1.89. The molecular formula is C28H29F2N3O5. The Morgan fingerprint density at radius 1 is 0.895 bits per heavy atom. The number of benzene rings is 3. The van der Waals surface area contributed by atoms with Crippen LogP contribution in [0.5, 0.6) is 11.5 Å². The Morgan fingerprint density at radius 2 is 1.53 bits per heavy atom. The molecule has 1 atom stereocenters. The molecule has 0 aliphatic heterocycles. The van der Waals surface area contributed by atoms with E-state index in [1.807, 2.05) is 0 Å². The molecule has 1 amide bonds. The first-order chi connectivity index (χ1) is 18.3. The number of ether oxygens (including phenoxy) is 3. The van der Waals surface area contributed by atoms with Gasteiger partial charge in [-0.2, -0.15) is 4.99 Å². The molecule has 0 saturated heterocycles. The van der Waals surface area contributed by atoms with Crippen LogP contribution >= 0.6 is 0 Å². The maximum atomic E-state index is 15.4. The van der Waals surface area contributed by atoms with Crippen LogP contribution in [0.1, 0.15) is 48.3 Å². The van der Waals surface area contributed by atoms with Crippen molar-refractivity contribution in [1.82, 2.24) is 0 Å². The standard InChI is InChI=1S/C28H29F2N3O5/c1-4-36-21-15-22(24(30)23(16-21)37-5-2)25(28(35)38-6-3)32-20-13-9-17(10-14-20)26(31)33-27(34)18-7-11-19(29)12-8-18/h7-16,25,32H,4-6H2,1-3H3,(H2,31,33,34). The first kappa shape index (κ1) is 28.1. The van der Waals surface area contributed by atoms with Crippen LogP contribution in [0.25, 0.3) is 0 Å². The van der Waals surface area contributed by atoms with Crippen LogP contribution < -0.4 is 20.5 Å². The van der Waals surface area contributed by atoms with E-state index in [0.29, 0.717) is 23.6 Å². The number of anilines is 1. The van der Waals surface area contributed by atoms with Gasteiger partial charge < -0.3 is 25.3 Å². The molecule has 0 aliphatic rings. The minimum atomic E-state index is -1.22. The molecular weight excluding hydrogens is 496 g/mol. The summed E-state index contributed by atoms with van der Waals surface area (Å²) in [5.41, 5.74) is 7.05. The minimum absolute atomic E-state index is 0.00658. The van der Waals surface area contributed by atoms with Crippen LogP contribution in [-0.4, -0.2) is 37.5 Å². The van der Waals surface area contributed by atoms with Crippen molar-refractivity contribution in [2.75, 3.05) is 25.1 Å². The molecule has 0 heterocycles. The number of esters is 1. The molecule has 38 heavy (non-hydrogen) atoms. The highest BCUT2D eigenvalue weighted by atomic mass is 19.1. The summed E-state index contributed by atoms with van der Waals surface area (Å²) in [6.45, 7) is 5.80. The van der Waals surface area contributed by atoms with E-state index in [2.05, 4.69) is 10.3 Å². The van der Waals surface area contributed by atoms with Crippen molar-refractivity contribution in [3.8, 4) is 11.5 Å².